The number of hydrogen-bond donors (Lipinski definition) is 2. The van der Waals surface area contributed by atoms with E-state index < -0.39 is 17.9 Å². The summed E-state index contributed by atoms with van der Waals surface area (Å²) in [5, 5.41) is 11.7. The fourth-order valence-corrected chi connectivity index (χ4v) is 3.39. The molecule has 0 aromatic heterocycles. The van der Waals surface area contributed by atoms with Gasteiger partial charge in [-0.05, 0) is 29.7 Å². The van der Waals surface area contributed by atoms with Crippen LogP contribution in [0.3, 0.4) is 0 Å². The smallest absolute Gasteiger partial charge is 0.326 e. The number of carboxylic acid groups (broad SMARTS) is 1. The van der Waals surface area contributed by atoms with E-state index in [9.17, 15) is 19.5 Å². The first-order valence-electron chi connectivity index (χ1n) is 9.62. The molecule has 0 spiro atoms. The molecule has 1 unspecified atom stereocenters. The number of nitrogens with one attached hydrogen (secondary N) is 1. The Kier molecular flexibility index (Phi) is 6.63. The Morgan fingerprint density at radius 1 is 1.03 bits per heavy atom. The highest BCUT2D eigenvalue weighted by atomic mass is 16.4. The molecule has 1 aliphatic heterocycles. The zero-order valence-electron chi connectivity index (χ0n) is 16.5. The van der Waals surface area contributed by atoms with E-state index in [1.54, 1.807) is 24.1 Å². The topological polar surface area (TPSA) is 86.7 Å². The van der Waals surface area contributed by atoms with Gasteiger partial charge in [0, 0.05) is 6.20 Å². The Balaban J connectivity index is 1.99. The lowest BCUT2D eigenvalue weighted by Gasteiger charge is -2.34. The van der Waals surface area contributed by atoms with E-state index in [2.05, 4.69) is 5.32 Å². The van der Waals surface area contributed by atoms with Gasteiger partial charge in [-0.1, -0.05) is 67.6 Å². The van der Waals surface area contributed by atoms with Crippen LogP contribution in [0.15, 0.2) is 90.3 Å². The second-order valence-corrected chi connectivity index (χ2v) is 6.78. The third-order valence-corrected chi connectivity index (χ3v) is 4.88. The summed E-state index contributed by atoms with van der Waals surface area (Å²) in [5.74, 6) is 0.135. The zero-order chi connectivity index (χ0) is 21.5. The van der Waals surface area contributed by atoms with Gasteiger partial charge in [-0.2, -0.15) is 0 Å². The van der Waals surface area contributed by atoms with Gasteiger partial charge in [-0.3, -0.25) is 4.79 Å². The fourth-order valence-electron chi connectivity index (χ4n) is 3.39. The van der Waals surface area contributed by atoms with Crippen molar-refractivity contribution in [2.45, 2.75) is 25.4 Å². The molecule has 2 aromatic carbocycles. The Morgan fingerprint density at radius 2 is 1.60 bits per heavy atom. The molecular formula is C24H22N2O4. The molecule has 0 radical (unpaired) electrons. The number of allylic oxidation sites excluding steroid dienone is 2. The van der Waals surface area contributed by atoms with Crippen molar-refractivity contribution in [2.75, 3.05) is 0 Å². The molecule has 2 aromatic rings. The molecule has 152 valence electrons. The molecular weight excluding hydrogens is 380 g/mol. The van der Waals surface area contributed by atoms with Crippen LogP contribution in [-0.2, 0) is 14.4 Å². The van der Waals surface area contributed by atoms with Crippen molar-refractivity contribution in [3.63, 3.8) is 0 Å². The molecule has 6 heteroatoms. The van der Waals surface area contributed by atoms with Crippen molar-refractivity contribution < 1.29 is 19.5 Å². The molecule has 1 heterocycles. The lowest BCUT2D eigenvalue weighted by Crippen LogP contribution is -2.42. The summed E-state index contributed by atoms with van der Waals surface area (Å²) in [7, 11) is 0. The summed E-state index contributed by atoms with van der Waals surface area (Å²) in [6, 6.07) is 17.8. The second-order valence-electron chi connectivity index (χ2n) is 6.78. The van der Waals surface area contributed by atoms with E-state index in [0.717, 1.165) is 11.1 Å². The van der Waals surface area contributed by atoms with Crippen molar-refractivity contribution in [2.24, 2.45) is 0 Å². The second kappa shape index (κ2) is 9.54. The van der Waals surface area contributed by atoms with Crippen LogP contribution in [0.25, 0.3) is 0 Å². The monoisotopic (exact) mass is 402 g/mol. The van der Waals surface area contributed by atoms with Gasteiger partial charge in [0.2, 0.25) is 0 Å². The van der Waals surface area contributed by atoms with E-state index >= 15 is 0 Å². The minimum atomic E-state index is -1.13. The van der Waals surface area contributed by atoms with E-state index in [1.807, 2.05) is 66.6 Å². The van der Waals surface area contributed by atoms with Crippen LogP contribution in [0, 0.1) is 0 Å². The lowest BCUT2D eigenvalue weighted by molar-refractivity contribution is -0.141. The van der Waals surface area contributed by atoms with Gasteiger partial charge in [-0.15, -0.1) is 0 Å². The summed E-state index contributed by atoms with van der Waals surface area (Å²) >= 11 is 0. The van der Waals surface area contributed by atoms with Gasteiger partial charge in [0.15, 0.2) is 5.94 Å². The van der Waals surface area contributed by atoms with E-state index in [1.165, 1.54) is 6.08 Å². The van der Waals surface area contributed by atoms with Crippen molar-refractivity contribution in [3.8, 4) is 0 Å². The highest BCUT2D eigenvalue weighted by Gasteiger charge is 2.31. The first-order valence-corrected chi connectivity index (χ1v) is 9.62. The van der Waals surface area contributed by atoms with Crippen LogP contribution in [0.5, 0.6) is 0 Å². The van der Waals surface area contributed by atoms with Gasteiger partial charge < -0.3 is 15.3 Å². The van der Waals surface area contributed by atoms with Crippen LogP contribution >= 0.6 is 0 Å². The maximum atomic E-state index is 12.8. The summed E-state index contributed by atoms with van der Waals surface area (Å²) in [6.45, 7) is 1.66. The SMILES string of the molecule is CCC(NC(=O)C1=CC=CN(C(c2ccccc2)c2ccccc2)C1=C=O)C(=O)O. The molecule has 30 heavy (non-hydrogen) atoms. The molecule has 2 N–H and O–H groups in total. The highest BCUT2D eigenvalue weighted by Crippen LogP contribution is 2.35. The number of carbonyl (C=O) groups excluding carboxylic acids is 2. The summed E-state index contributed by atoms with van der Waals surface area (Å²) in [5.41, 5.74) is 1.98. The average Bonchev–Trinajstić information content (AvgIpc) is 2.78. The minimum absolute atomic E-state index is 0.0490. The normalized spacial score (nSPS) is 14.1. The van der Waals surface area contributed by atoms with E-state index in [0.29, 0.717) is 0 Å². The van der Waals surface area contributed by atoms with E-state index in [-0.39, 0.29) is 23.7 Å². The Labute approximate surface area is 174 Å². The van der Waals surface area contributed by atoms with Gasteiger partial charge in [0.1, 0.15) is 11.7 Å². The first-order chi connectivity index (χ1) is 14.6. The van der Waals surface area contributed by atoms with Crippen LogP contribution < -0.4 is 5.32 Å². The number of aliphatic carboxylic acids is 1. The third-order valence-electron chi connectivity index (χ3n) is 4.88. The van der Waals surface area contributed by atoms with E-state index in [4.69, 9.17) is 0 Å². The lowest BCUT2D eigenvalue weighted by atomic mass is 9.94. The highest BCUT2D eigenvalue weighted by molar-refractivity contribution is 6.02. The molecule has 3 rings (SSSR count). The number of carboxylic acids is 1. The standard InChI is InChI=1S/C24H22N2O4/c1-2-20(24(29)30)25-23(28)19-14-9-15-26(21(19)16-27)22(17-10-5-3-6-11-17)18-12-7-4-8-13-18/h3-15,20,22H,2H2,1H3,(H,25,28)(H,29,30). The predicted octanol–water partition coefficient (Wildman–Crippen LogP) is 3.23. The van der Waals surface area contributed by atoms with Crippen molar-refractivity contribution in [3.05, 3.63) is 101 Å². The molecule has 0 saturated heterocycles. The zero-order valence-corrected chi connectivity index (χ0v) is 16.5. The maximum absolute atomic E-state index is 12.8. The van der Waals surface area contributed by atoms with Gasteiger partial charge in [0.05, 0.1) is 11.6 Å². The third kappa shape index (κ3) is 4.40. The first kappa shape index (κ1) is 20.8. The fraction of sp³-hybridized carbons (Fsp3) is 0.167. The summed E-state index contributed by atoms with van der Waals surface area (Å²) in [6.07, 6.45) is 5.10. The molecule has 6 nitrogen and oxygen atoms in total. The average molecular weight is 402 g/mol. The number of nitrogens with zero attached hydrogens (tertiary/aromatic N) is 1. The summed E-state index contributed by atoms with van der Waals surface area (Å²) in [4.78, 5) is 37.7. The van der Waals surface area contributed by atoms with Gasteiger partial charge in [0.25, 0.3) is 5.91 Å². The Hall–Kier alpha value is -3.89. The number of hydrogen-bond acceptors (Lipinski definition) is 4. The van der Waals surface area contributed by atoms with Crippen LogP contribution in [-0.4, -0.2) is 33.9 Å². The molecule has 0 bridgehead atoms. The molecule has 1 aliphatic rings. The quantitative estimate of drug-likeness (QED) is 0.695. The van der Waals surface area contributed by atoms with Crippen molar-refractivity contribution >= 4 is 17.8 Å². The summed E-state index contributed by atoms with van der Waals surface area (Å²) < 4.78 is 0. The molecule has 1 amide bonds. The van der Waals surface area contributed by atoms with Crippen LogP contribution in [0.1, 0.15) is 30.5 Å². The Morgan fingerprint density at radius 3 is 2.07 bits per heavy atom. The van der Waals surface area contributed by atoms with Crippen LogP contribution in [0.4, 0.5) is 0 Å². The predicted molar refractivity (Wildman–Crippen MR) is 113 cm³/mol. The molecule has 1 atom stereocenters. The van der Waals surface area contributed by atoms with Gasteiger partial charge >= 0.3 is 5.97 Å². The number of benzene rings is 2. The van der Waals surface area contributed by atoms with Crippen LogP contribution in [0.2, 0.25) is 0 Å². The minimum Gasteiger partial charge on any atom is -0.480 e. The van der Waals surface area contributed by atoms with Crippen molar-refractivity contribution in [1.29, 1.82) is 0 Å². The van der Waals surface area contributed by atoms with Crippen molar-refractivity contribution in [1.82, 2.24) is 10.2 Å². The van der Waals surface area contributed by atoms with Gasteiger partial charge in [-0.25, -0.2) is 9.59 Å². The molecule has 0 saturated carbocycles. The number of carbonyl (C=O) groups is 2. The number of amides is 1. The largest absolute Gasteiger partial charge is 0.480 e. The molecule has 0 aliphatic carbocycles. The number of rotatable bonds is 7. The Bertz CT molecular complexity index is 982. The maximum Gasteiger partial charge on any atom is 0.326 e. The molecule has 0 fully saturated rings.